The van der Waals surface area contributed by atoms with Gasteiger partial charge < -0.3 is 10.0 Å². The minimum absolute atomic E-state index is 0.0881. The number of aliphatic carboxylic acids is 1. The van der Waals surface area contributed by atoms with Crippen molar-refractivity contribution in [2.75, 3.05) is 11.4 Å². The van der Waals surface area contributed by atoms with E-state index in [0.717, 1.165) is 25.1 Å². The molecule has 94 valence electrons. The molecule has 2 heterocycles. The summed E-state index contributed by atoms with van der Waals surface area (Å²) in [6.07, 6.45) is 5.22. The van der Waals surface area contributed by atoms with Crippen LogP contribution in [0.1, 0.15) is 26.7 Å². The van der Waals surface area contributed by atoms with Gasteiger partial charge in [-0.25, -0.2) is 0 Å². The van der Waals surface area contributed by atoms with Crippen molar-refractivity contribution in [1.82, 2.24) is 10.2 Å². The third-order valence-corrected chi connectivity index (χ3v) is 3.39. The lowest BCUT2D eigenvalue weighted by atomic mass is 9.92. The zero-order valence-electron chi connectivity index (χ0n) is 10.3. The van der Waals surface area contributed by atoms with Gasteiger partial charge in [-0.2, -0.15) is 5.10 Å². The van der Waals surface area contributed by atoms with Gasteiger partial charge in [0, 0.05) is 18.8 Å². The summed E-state index contributed by atoms with van der Waals surface area (Å²) in [4.78, 5) is 13.4. The molecule has 17 heavy (non-hydrogen) atoms. The topological polar surface area (TPSA) is 69.2 Å². The number of carboxylic acids is 1. The highest BCUT2D eigenvalue weighted by atomic mass is 16.4. The van der Waals surface area contributed by atoms with E-state index < -0.39 is 5.97 Å². The Labute approximate surface area is 101 Å². The Morgan fingerprint density at radius 1 is 1.71 bits per heavy atom. The lowest BCUT2D eigenvalue weighted by Crippen LogP contribution is -2.36. The summed E-state index contributed by atoms with van der Waals surface area (Å²) in [6.45, 7) is 5.06. The van der Waals surface area contributed by atoms with Crippen LogP contribution in [0.3, 0.4) is 0 Å². The Hall–Kier alpha value is -1.52. The molecule has 0 saturated carbocycles. The number of carbonyl (C=O) groups is 1. The fourth-order valence-corrected chi connectivity index (χ4v) is 2.64. The van der Waals surface area contributed by atoms with Gasteiger partial charge in [0.15, 0.2) is 0 Å². The van der Waals surface area contributed by atoms with Crippen molar-refractivity contribution in [2.24, 2.45) is 11.8 Å². The van der Waals surface area contributed by atoms with Gasteiger partial charge >= 0.3 is 5.97 Å². The summed E-state index contributed by atoms with van der Waals surface area (Å²) in [5.74, 6) is -0.441. The molecule has 2 N–H and O–H groups in total. The van der Waals surface area contributed by atoms with E-state index in [1.807, 2.05) is 6.20 Å². The van der Waals surface area contributed by atoms with E-state index in [9.17, 15) is 9.90 Å². The highest BCUT2D eigenvalue weighted by Crippen LogP contribution is 2.33. The van der Waals surface area contributed by atoms with E-state index in [0.29, 0.717) is 5.92 Å². The maximum atomic E-state index is 11.3. The third kappa shape index (κ3) is 2.43. The molecule has 0 spiro atoms. The van der Waals surface area contributed by atoms with Gasteiger partial charge in [0.2, 0.25) is 0 Å². The average molecular weight is 237 g/mol. The smallest absolute Gasteiger partial charge is 0.308 e. The minimum atomic E-state index is -0.679. The Bertz CT molecular complexity index is 375. The predicted octanol–water partition coefficient (Wildman–Crippen LogP) is 1.74. The monoisotopic (exact) mass is 237 g/mol. The van der Waals surface area contributed by atoms with Crippen LogP contribution >= 0.6 is 0 Å². The van der Waals surface area contributed by atoms with Crippen LogP contribution in [0.25, 0.3) is 0 Å². The molecule has 1 aliphatic rings. The Balaban J connectivity index is 2.18. The first-order chi connectivity index (χ1) is 8.09. The van der Waals surface area contributed by atoms with E-state index in [1.165, 1.54) is 0 Å². The molecule has 0 bridgehead atoms. The molecule has 2 atom stereocenters. The van der Waals surface area contributed by atoms with Crippen LogP contribution in [-0.2, 0) is 4.79 Å². The van der Waals surface area contributed by atoms with Crippen molar-refractivity contribution >= 4 is 11.7 Å². The maximum Gasteiger partial charge on any atom is 0.308 e. The molecule has 1 aromatic rings. The normalized spacial score (nSPS) is 24.5. The fraction of sp³-hybridized carbons (Fsp3) is 0.667. The number of hydrogen-bond acceptors (Lipinski definition) is 3. The van der Waals surface area contributed by atoms with Crippen LogP contribution in [0, 0.1) is 11.8 Å². The van der Waals surface area contributed by atoms with Gasteiger partial charge in [0.25, 0.3) is 0 Å². The summed E-state index contributed by atoms with van der Waals surface area (Å²) in [6, 6.07) is 0.0881. The molecule has 0 aliphatic carbocycles. The molecule has 1 fully saturated rings. The first-order valence-corrected chi connectivity index (χ1v) is 6.08. The predicted molar refractivity (Wildman–Crippen MR) is 64.9 cm³/mol. The lowest BCUT2D eigenvalue weighted by Gasteiger charge is -2.28. The lowest BCUT2D eigenvalue weighted by molar-refractivity contribution is -0.141. The first kappa shape index (κ1) is 12.0. The van der Waals surface area contributed by atoms with Crippen LogP contribution in [0.15, 0.2) is 12.4 Å². The van der Waals surface area contributed by atoms with Crippen LogP contribution in [0.2, 0.25) is 0 Å². The van der Waals surface area contributed by atoms with Gasteiger partial charge in [-0.05, 0) is 18.8 Å². The molecule has 0 aromatic carbocycles. The van der Waals surface area contributed by atoms with Gasteiger partial charge in [-0.15, -0.1) is 0 Å². The average Bonchev–Trinajstić information content (AvgIpc) is 2.83. The second-order valence-corrected chi connectivity index (χ2v) is 5.08. The van der Waals surface area contributed by atoms with Gasteiger partial charge in [0.05, 0.1) is 17.8 Å². The maximum absolute atomic E-state index is 11.3. The first-order valence-electron chi connectivity index (χ1n) is 6.08. The number of aromatic amines is 1. The molecule has 1 saturated heterocycles. The van der Waals surface area contributed by atoms with Gasteiger partial charge in [-0.3, -0.25) is 9.89 Å². The van der Waals surface area contributed by atoms with Crippen molar-refractivity contribution in [3.05, 3.63) is 12.4 Å². The number of carboxylic acid groups (broad SMARTS) is 1. The van der Waals surface area contributed by atoms with Crippen molar-refractivity contribution in [3.63, 3.8) is 0 Å². The number of hydrogen-bond donors (Lipinski definition) is 2. The van der Waals surface area contributed by atoms with Crippen LogP contribution in [-0.4, -0.2) is 33.9 Å². The minimum Gasteiger partial charge on any atom is -0.481 e. The highest BCUT2D eigenvalue weighted by molar-refractivity contribution is 5.73. The second-order valence-electron chi connectivity index (χ2n) is 5.08. The molecule has 5 nitrogen and oxygen atoms in total. The largest absolute Gasteiger partial charge is 0.481 e. The molecule has 2 rings (SSSR count). The van der Waals surface area contributed by atoms with Crippen LogP contribution in [0.4, 0.5) is 5.69 Å². The molecule has 0 unspecified atom stereocenters. The Kier molecular flexibility index (Phi) is 3.36. The standard InChI is InChI=1S/C12H19N3O2/c1-8(2)5-11-10(12(16)17)3-4-15(11)9-6-13-14-7-9/h6-8,10-11H,3-5H2,1-2H3,(H,13,14)(H,16,17)/t10-,11+/m0/s1. The van der Waals surface area contributed by atoms with Gasteiger partial charge in [-0.1, -0.05) is 13.8 Å². The van der Waals surface area contributed by atoms with Crippen LogP contribution in [0.5, 0.6) is 0 Å². The highest BCUT2D eigenvalue weighted by Gasteiger charge is 2.39. The SMILES string of the molecule is CC(C)C[C@@H]1[C@@H](C(=O)O)CCN1c1cn[nH]c1. The summed E-state index contributed by atoms with van der Waals surface area (Å²) in [5, 5.41) is 16.0. The van der Waals surface area contributed by atoms with Crippen molar-refractivity contribution < 1.29 is 9.90 Å². The van der Waals surface area contributed by atoms with Crippen molar-refractivity contribution in [1.29, 1.82) is 0 Å². The molecule has 0 radical (unpaired) electrons. The molecular weight excluding hydrogens is 218 g/mol. The van der Waals surface area contributed by atoms with E-state index in [4.69, 9.17) is 0 Å². The number of rotatable bonds is 4. The zero-order valence-corrected chi connectivity index (χ0v) is 10.3. The van der Waals surface area contributed by atoms with E-state index in [2.05, 4.69) is 28.9 Å². The molecule has 0 amide bonds. The van der Waals surface area contributed by atoms with Crippen molar-refractivity contribution in [2.45, 2.75) is 32.7 Å². The van der Waals surface area contributed by atoms with Gasteiger partial charge in [0.1, 0.15) is 0 Å². The van der Waals surface area contributed by atoms with E-state index in [-0.39, 0.29) is 12.0 Å². The zero-order chi connectivity index (χ0) is 12.4. The summed E-state index contributed by atoms with van der Waals surface area (Å²) < 4.78 is 0. The number of nitrogens with one attached hydrogen (secondary N) is 1. The van der Waals surface area contributed by atoms with Crippen LogP contribution < -0.4 is 4.90 Å². The number of H-pyrrole nitrogens is 1. The number of aromatic nitrogens is 2. The fourth-order valence-electron chi connectivity index (χ4n) is 2.64. The number of anilines is 1. The Morgan fingerprint density at radius 2 is 2.47 bits per heavy atom. The Morgan fingerprint density at radius 3 is 3.00 bits per heavy atom. The van der Waals surface area contributed by atoms with Crippen molar-refractivity contribution in [3.8, 4) is 0 Å². The molecule has 5 heteroatoms. The molecule has 1 aromatic heterocycles. The number of nitrogens with zero attached hydrogens (tertiary/aromatic N) is 2. The summed E-state index contributed by atoms with van der Waals surface area (Å²) in [7, 11) is 0. The molecule has 1 aliphatic heterocycles. The summed E-state index contributed by atoms with van der Waals surface area (Å²) >= 11 is 0. The summed E-state index contributed by atoms with van der Waals surface area (Å²) in [5.41, 5.74) is 0.999. The van der Waals surface area contributed by atoms with E-state index in [1.54, 1.807) is 6.20 Å². The molecular formula is C12H19N3O2. The quantitative estimate of drug-likeness (QED) is 0.836. The van der Waals surface area contributed by atoms with E-state index >= 15 is 0 Å². The third-order valence-electron chi connectivity index (χ3n) is 3.39. The second kappa shape index (κ2) is 4.77.